The van der Waals surface area contributed by atoms with E-state index in [1.807, 2.05) is 30.3 Å². The number of benzene rings is 1. The Kier molecular flexibility index (Phi) is 6.63. The van der Waals surface area contributed by atoms with Gasteiger partial charge in [0.25, 0.3) is 0 Å². The van der Waals surface area contributed by atoms with Gasteiger partial charge in [0.2, 0.25) is 22.9 Å². The van der Waals surface area contributed by atoms with Crippen LogP contribution in [0.15, 0.2) is 34.7 Å². The Morgan fingerprint density at radius 2 is 1.93 bits per heavy atom. The van der Waals surface area contributed by atoms with Crippen molar-refractivity contribution in [1.29, 1.82) is 0 Å². The van der Waals surface area contributed by atoms with Crippen LogP contribution >= 0.6 is 23.1 Å². The minimum atomic E-state index is -0.459. The third-order valence-corrected chi connectivity index (χ3v) is 6.16. The maximum Gasteiger partial charge on any atom is 0.237 e. The molecule has 1 heterocycles. The van der Waals surface area contributed by atoms with Gasteiger partial charge in [-0.15, -0.1) is 10.2 Å². The summed E-state index contributed by atoms with van der Waals surface area (Å²) in [7, 11) is 0. The van der Waals surface area contributed by atoms with E-state index in [-0.39, 0.29) is 36.6 Å². The van der Waals surface area contributed by atoms with Gasteiger partial charge < -0.3 is 10.6 Å². The van der Waals surface area contributed by atoms with Crippen LogP contribution in [0.4, 0.5) is 10.8 Å². The second-order valence-corrected chi connectivity index (χ2v) is 8.54. The van der Waals surface area contributed by atoms with Gasteiger partial charge in [0.15, 0.2) is 4.34 Å². The zero-order chi connectivity index (χ0) is 20.1. The van der Waals surface area contributed by atoms with Crippen LogP contribution in [0.2, 0.25) is 0 Å². The fraction of sp³-hybridized carbons (Fsp3) is 0.389. The number of rotatable bonds is 9. The summed E-state index contributed by atoms with van der Waals surface area (Å²) in [6.45, 7) is 1.74. The zero-order valence-corrected chi connectivity index (χ0v) is 17.0. The normalized spacial score (nSPS) is 13.2. The number of nitrogens with two attached hydrogens (primary N) is 1. The number of amides is 3. The molecule has 1 aliphatic carbocycles. The maximum atomic E-state index is 12.7. The Bertz CT molecular complexity index is 854. The van der Waals surface area contributed by atoms with Gasteiger partial charge in [-0.05, 0) is 25.0 Å². The molecule has 3 amide bonds. The van der Waals surface area contributed by atoms with Crippen LogP contribution in [0.1, 0.15) is 26.2 Å². The van der Waals surface area contributed by atoms with E-state index < -0.39 is 5.91 Å². The van der Waals surface area contributed by atoms with E-state index in [1.165, 1.54) is 30.0 Å². The monoisotopic (exact) mass is 419 g/mol. The Hall–Kier alpha value is -2.46. The van der Waals surface area contributed by atoms with Crippen LogP contribution < -0.4 is 15.5 Å². The lowest BCUT2D eigenvalue weighted by Gasteiger charge is -2.22. The maximum absolute atomic E-state index is 12.7. The molecule has 0 saturated heterocycles. The van der Waals surface area contributed by atoms with Crippen molar-refractivity contribution in [3.8, 4) is 0 Å². The SMILES string of the molecule is CC(=O)N(c1nnc(SCC(=O)N(CCC(N)=O)c2ccccc2)s1)C1CC1. The molecule has 1 aromatic heterocycles. The lowest BCUT2D eigenvalue weighted by atomic mass is 10.2. The first-order chi connectivity index (χ1) is 13.5. The summed E-state index contributed by atoms with van der Waals surface area (Å²) in [5.74, 6) is -0.515. The summed E-state index contributed by atoms with van der Waals surface area (Å²) in [6, 6.07) is 9.36. The zero-order valence-electron chi connectivity index (χ0n) is 15.4. The molecule has 1 aliphatic rings. The van der Waals surface area contributed by atoms with Gasteiger partial charge in [0, 0.05) is 31.6 Å². The van der Waals surface area contributed by atoms with Gasteiger partial charge in [-0.1, -0.05) is 41.3 Å². The van der Waals surface area contributed by atoms with Gasteiger partial charge in [0.05, 0.1) is 5.75 Å². The molecule has 2 aromatic rings. The van der Waals surface area contributed by atoms with Crippen LogP contribution in [0.5, 0.6) is 0 Å². The second kappa shape index (κ2) is 9.16. The third-order valence-electron chi connectivity index (χ3n) is 4.12. The lowest BCUT2D eigenvalue weighted by Crippen LogP contribution is -2.35. The highest BCUT2D eigenvalue weighted by atomic mass is 32.2. The molecule has 0 unspecified atom stereocenters. The molecule has 1 fully saturated rings. The summed E-state index contributed by atoms with van der Waals surface area (Å²) >= 11 is 2.57. The Morgan fingerprint density at radius 1 is 1.21 bits per heavy atom. The van der Waals surface area contributed by atoms with E-state index in [4.69, 9.17) is 5.73 Å². The number of primary amides is 1. The van der Waals surface area contributed by atoms with Crippen LogP contribution in [0.25, 0.3) is 0 Å². The smallest absolute Gasteiger partial charge is 0.237 e. The molecule has 148 valence electrons. The van der Waals surface area contributed by atoms with Crippen molar-refractivity contribution in [3.63, 3.8) is 0 Å². The van der Waals surface area contributed by atoms with Crippen molar-refractivity contribution in [3.05, 3.63) is 30.3 Å². The van der Waals surface area contributed by atoms with E-state index in [0.717, 1.165) is 12.8 Å². The number of para-hydroxylation sites is 1. The van der Waals surface area contributed by atoms with E-state index in [1.54, 1.807) is 9.80 Å². The number of aromatic nitrogens is 2. The topological polar surface area (TPSA) is 109 Å². The molecule has 28 heavy (non-hydrogen) atoms. The molecule has 0 spiro atoms. The predicted octanol–water partition coefficient (Wildman–Crippen LogP) is 2.05. The van der Waals surface area contributed by atoms with Crippen molar-refractivity contribution in [1.82, 2.24) is 10.2 Å². The van der Waals surface area contributed by atoms with Crippen LogP contribution in [-0.4, -0.2) is 46.3 Å². The van der Waals surface area contributed by atoms with Crippen molar-refractivity contribution < 1.29 is 14.4 Å². The number of carbonyl (C=O) groups is 3. The molecule has 0 radical (unpaired) electrons. The van der Waals surface area contributed by atoms with E-state index in [2.05, 4.69) is 10.2 Å². The number of carbonyl (C=O) groups excluding carboxylic acids is 3. The molecule has 10 heteroatoms. The molecule has 0 bridgehead atoms. The fourth-order valence-electron chi connectivity index (χ4n) is 2.67. The van der Waals surface area contributed by atoms with Crippen molar-refractivity contribution >= 4 is 51.6 Å². The molecule has 1 aromatic carbocycles. The van der Waals surface area contributed by atoms with Crippen LogP contribution in [0.3, 0.4) is 0 Å². The summed E-state index contributed by atoms with van der Waals surface area (Å²) < 4.78 is 0.623. The number of thioether (sulfide) groups is 1. The Labute approximate surface area is 171 Å². The highest BCUT2D eigenvalue weighted by Gasteiger charge is 2.34. The van der Waals surface area contributed by atoms with E-state index in [0.29, 0.717) is 15.2 Å². The molecule has 0 atom stereocenters. The first kappa shape index (κ1) is 20.3. The summed E-state index contributed by atoms with van der Waals surface area (Å²) in [4.78, 5) is 38.9. The summed E-state index contributed by atoms with van der Waals surface area (Å²) in [5.41, 5.74) is 5.95. The third kappa shape index (κ3) is 5.29. The van der Waals surface area contributed by atoms with E-state index in [9.17, 15) is 14.4 Å². The first-order valence-corrected chi connectivity index (χ1v) is 10.7. The highest BCUT2D eigenvalue weighted by Crippen LogP contribution is 2.35. The van der Waals surface area contributed by atoms with Crippen LogP contribution in [0, 0.1) is 0 Å². The molecule has 0 aliphatic heterocycles. The molecule has 1 saturated carbocycles. The molecular weight excluding hydrogens is 398 g/mol. The average Bonchev–Trinajstić information content (AvgIpc) is 3.38. The van der Waals surface area contributed by atoms with E-state index >= 15 is 0 Å². The standard InChI is InChI=1S/C18H21N5O3S2/c1-12(24)23(14-7-8-14)17-20-21-18(28-17)27-11-16(26)22(10-9-15(19)25)13-5-3-2-4-6-13/h2-6,14H,7-11H2,1H3,(H2,19,25). The average molecular weight is 420 g/mol. The van der Waals surface area contributed by atoms with Gasteiger partial charge in [0.1, 0.15) is 0 Å². The molecule has 2 N–H and O–H groups in total. The predicted molar refractivity (Wildman–Crippen MR) is 109 cm³/mol. The minimum absolute atomic E-state index is 0.0482. The summed E-state index contributed by atoms with van der Waals surface area (Å²) in [6.07, 6.45) is 2.04. The van der Waals surface area contributed by atoms with Crippen molar-refractivity contribution in [2.24, 2.45) is 5.73 Å². The van der Waals surface area contributed by atoms with Gasteiger partial charge in [-0.2, -0.15) is 0 Å². The second-order valence-electron chi connectivity index (χ2n) is 6.36. The Balaban J connectivity index is 1.64. The van der Waals surface area contributed by atoms with Crippen LogP contribution in [-0.2, 0) is 14.4 Å². The molecule has 8 nitrogen and oxygen atoms in total. The highest BCUT2D eigenvalue weighted by molar-refractivity contribution is 8.01. The van der Waals surface area contributed by atoms with Crippen molar-refractivity contribution in [2.75, 3.05) is 22.1 Å². The first-order valence-electron chi connectivity index (χ1n) is 8.85. The number of hydrogen-bond donors (Lipinski definition) is 1. The summed E-state index contributed by atoms with van der Waals surface area (Å²) in [5, 5.41) is 8.78. The number of anilines is 2. The minimum Gasteiger partial charge on any atom is -0.370 e. The number of hydrogen-bond acceptors (Lipinski definition) is 7. The lowest BCUT2D eigenvalue weighted by molar-refractivity contribution is -0.118. The fourth-order valence-corrected chi connectivity index (χ4v) is 4.50. The van der Waals surface area contributed by atoms with Gasteiger partial charge >= 0.3 is 0 Å². The number of nitrogens with zero attached hydrogens (tertiary/aromatic N) is 4. The largest absolute Gasteiger partial charge is 0.370 e. The molecule has 3 rings (SSSR count). The van der Waals surface area contributed by atoms with Crippen molar-refractivity contribution in [2.45, 2.75) is 36.6 Å². The van der Waals surface area contributed by atoms with Gasteiger partial charge in [-0.3, -0.25) is 19.3 Å². The molecular formula is C18H21N5O3S2. The van der Waals surface area contributed by atoms with Gasteiger partial charge in [-0.25, -0.2) is 0 Å². The quantitative estimate of drug-likeness (QED) is 0.492. The Morgan fingerprint density at radius 3 is 2.54 bits per heavy atom.